The van der Waals surface area contributed by atoms with Crippen molar-refractivity contribution >= 4 is 31.9 Å². The topological polar surface area (TPSA) is 0 Å². The fourth-order valence-electron chi connectivity index (χ4n) is 1.14. The summed E-state index contributed by atoms with van der Waals surface area (Å²) in [6, 6.07) is 8.35. The third-order valence-electron chi connectivity index (χ3n) is 1.78. The van der Waals surface area contributed by atoms with Gasteiger partial charge in [-0.3, -0.25) is 0 Å². The van der Waals surface area contributed by atoms with Crippen molar-refractivity contribution in [3.63, 3.8) is 0 Å². The van der Waals surface area contributed by atoms with Gasteiger partial charge in [0.05, 0.1) is 0 Å². The van der Waals surface area contributed by atoms with Crippen LogP contribution in [0.15, 0.2) is 28.7 Å². The molecule has 0 nitrogen and oxygen atoms in total. The molecule has 1 aromatic carbocycles. The second-order valence-electron chi connectivity index (χ2n) is 2.78. The van der Waals surface area contributed by atoms with Gasteiger partial charge in [-0.25, -0.2) is 0 Å². The molecule has 0 aromatic heterocycles. The van der Waals surface area contributed by atoms with Crippen LogP contribution in [0.2, 0.25) is 0 Å². The Balaban J connectivity index is 2.79. The van der Waals surface area contributed by atoms with E-state index in [0.717, 1.165) is 0 Å². The minimum absolute atomic E-state index is 0.484. The molecular weight excluding hydrogens is 280 g/mol. The third kappa shape index (κ3) is 2.60. The highest BCUT2D eigenvalue weighted by atomic mass is 79.9. The predicted molar refractivity (Wildman–Crippen MR) is 60.7 cm³/mol. The lowest BCUT2D eigenvalue weighted by molar-refractivity contribution is 0.786. The number of hydrogen-bond acceptors (Lipinski definition) is 0. The molecule has 0 aliphatic carbocycles. The summed E-state index contributed by atoms with van der Waals surface area (Å²) in [6.07, 6.45) is 2.39. The minimum Gasteiger partial charge on any atom is -0.0838 e. The lowest BCUT2D eigenvalue weighted by Gasteiger charge is -2.10. The SMILES string of the molecule is CCCC(Br)c1ccccc1Br. The summed E-state index contributed by atoms with van der Waals surface area (Å²) in [5, 5.41) is 0. The Kier molecular flexibility index (Phi) is 4.30. The molecule has 0 saturated heterocycles. The maximum atomic E-state index is 3.67. The fraction of sp³-hybridized carbons (Fsp3) is 0.400. The van der Waals surface area contributed by atoms with Gasteiger partial charge in [0, 0.05) is 9.30 Å². The highest BCUT2D eigenvalue weighted by Crippen LogP contribution is 2.32. The number of rotatable bonds is 3. The van der Waals surface area contributed by atoms with Gasteiger partial charge < -0.3 is 0 Å². The normalized spacial score (nSPS) is 12.9. The molecule has 0 heterocycles. The summed E-state index contributed by atoms with van der Waals surface area (Å²) in [5.41, 5.74) is 1.35. The molecule has 0 aliphatic rings. The Labute approximate surface area is 90.6 Å². The van der Waals surface area contributed by atoms with E-state index in [2.05, 4.69) is 57.0 Å². The second-order valence-corrected chi connectivity index (χ2v) is 4.74. The zero-order valence-corrected chi connectivity index (χ0v) is 10.2. The molecule has 2 heteroatoms. The molecule has 0 aliphatic heterocycles. The second kappa shape index (κ2) is 5.03. The van der Waals surface area contributed by atoms with Crippen LogP contribution < -0.4 is 0 Å². The van der Waals surface area contributed by atoms with Crippen LogP contribution in [-0.2, 0) is 0 Å². The molecule has 0 bridgehead atoms. The first-order valence-corrected chi connectivity index (χ1v) is 5.85. The van der Waals surface area contributed by atoms with Gasteiger partial charge in [-0.1, -0.05) is 63.4 Å². The van der Waals surface area contributed by atoms with Gasteiger partial charge in [-0.05, 0) is 18.1 Å². The summed E-state index contributed by atoms with van der Waals surface area (Å²) >= 11 is 7.20. The van der Waals surface area contributed by atoms with Gasteiger partial charge in [-0.2, -0.15) is 0 Å². The van der Waals surface area contributed by atoms with Crippen molar-refractivity contribution in [3.8, 4) is 0 Å². The lowest BCUT2D eigenvalue weighted by atomic mass is 10.1. The van der Waals surface area contributed by atoms with Gasteiger partial charge in [-0.15, -0.1) is 0 Å². The molecule has 0 spiro atoms. The molecule has 0 N–H and O–H groups in total. The average molecular weight is 292 g/mol. The summed E-state index contributed by atoms with van der Waals surface area (Å²) in [5.74, 6) is 0. The molecule has 12 heavy (non-hydrogen) atoms. The molecule has 1 atom stereocenters. The molecule has 1 aromatic rings. The maximum absolute atomic E-state index is 3.67. The van der Waals surface area contributed by atoms with Crippen LogP contribution in [0.5, 0.6) is 0 Å². The molecule has 66 valence electrons. The van der Waals surface area contributed by atoms with E-state index in [1.54, 1.807) is 0 Å². The first-order chi connectivity index (χ1) is 5.75. The largest absolute Gasteiger partial charge is 0.0838 e. The van der Waals surface area contributed by atoms with Crippen molar-refractivity contribution in [1.82, 2.24) is 0 Å². The zero-order chi connectivity index (χ0) is 8.97. The van der Waals surface area contributed by atoms with E-state index in [0.29, 0.717) is 4.83 Å². The van der Waals surface area contributed by atoms with Crippen molar-refractivity contribution in [2.45, 2.75) is 24.6 Å². The number of halogens is 2. The van der Waals surface area contributed by atoms with Crippen molar-refractivity contribution in [2.24, 2.45) is 0 Å². The highest BCUT2D eigenvalue weighted by molar-refractivity contribution is 9.11. The monoisotopic (exact) mass is 290 g/mol. The Hall–Kier alpha value is 0.180. The Morgan fingerprint density at radius 1 is 1.33 bits per heavy atom. The summed E-state index contributed by atoms with van der Waals surface area (Å²) in [6.45, 7) is 2.20. The van der Waals surface area contributed by atoms with E-state index >= 15 is 0 Å². The maximum Gasteiger partial charge on any atom is 0.0406 e. The van der Waals surface area contributed by atoms with Gasteiger partial charge in [0.25, 0.3) is 0 Å². The molecule has 0 fully saturated rings. The smallest absolute Gasteiger partial charge is 0.0406 e. The van der Waals surface area contributed by atoms with Crippen molar-refractivity contribution < 1.29 is 0 Å². The van der Waals surface area contributed by atoms with Gasteiger partial charge in [0.15, 0.2) is 0 Å². The summed E-state index contributed by atoms with van der Waals surface area (Å²) in [7, 11) is 0. The fourth-order valence-corrected chi connectivity index (χ4v) is 2.86. The molecule has 1 rings (SSSR count). The van der Waals surface area contributed by atoms with Gasteiger partial charge in [0.1, 0.15) is 0 Å². The Morgan fingerprint density at radius 2 is 2.00 bits per heavy atom. The van der Waals surface area contributed by atoms with Crippen LogP contribution >= 0.6 is 31.9 Å². The average Bonchev–Trinajstić information content (AvgIpc) is 2.05. The number of hydrogen-bond donors (Lipinski definition) is 0. The molecule has 0 saturated carbocycles. The van der Waals surface area contributed by atoms with Crippen LogP contribution in [0.1, 0.15) is 30.2 Å². The van der Waals surface area contributed by atoms with E-state index in [1.165, 1.54) is 22.9 Å². The molecular formula is C10H12Br2. The first-order valence-electron chi connectivity index (χ1n) is 4.14. The van der Waals surface area contributed by atoms with E-state index < -0.39 is 0 Å². The Bertz CT molecular complexity index is 245. The molecule has 0 radical (unpaired) electrons. The summed E-state index contributed by atoms with van der Waals surface area (Å²) < 4.78 is 1.19. The van der Waals surface area contributed by atoms with Crippen molar-refractivity contribution in [1.29, 1.82) is 0 Å². The van der Waals surface area contributed by atoms with Crippen LogP contribution in [0, 0.1) is 0 Å². The van der Waals surface area contributed by atoms with E-state index in [9.17, 15) is 0 Å². The lowest BCUT2D eigenvalue weighted by Crippen LogP contribution is -1.89. The Morgan fingerprint density at radius 3 is 2.58 bits per heavy atom. The minimum atomic E-state index is 0.484. The van der Waals surface area contributed by atoms with Crippen LogP contribution in [-0.4, -0.2) is 0 Å². The van der Waals surface area contributed by atoms with E-state index in [-0.39, 0.29) is 0 Å². The quantitative estimate of drug-likeness (QED) is 0.709. The third-order valence-corrected chi connectivity index (χ3v) is 3.46. The first kappa shape index (κ1) is 10.3. The van der Waals surface area contributed by atoms with E-state index in [4.69, 9.17) is 0 Å². The van der Waals surface area contributed by atoms with E-state index in [1.807, 2.05) is 6.07 Å². The predicted octanol–water partition coefficient (Wildman–Crippen LogP) is 4.69. The summed E-state index contributed by atoms with van der Waals surface area (Å²) in [4.78, 5) is 0.484. The van der Waals surface area contributed by atoms with Crippen LogP contribution in [0.4, 0.5) is 0 Å². The van der Waals surface area contributed by atoms with Crippen molar-refractivity contribution in [2.75, 3.05) is 0 Å². The van der Waals surface area contributed by atoms with Crippen LogP contribution in [0.25, 0.3) is 0 Å². The van der Waals surface area contributed by atoms with Crippen LogP contribution in [0.3, 0.4) is 0 Å². The zero-order valence-electron chi connectivity index (χ0n) is 7.06. The molecule has 0 amide bonds. The standard InChI is InChI=1S/C10H12Br2/c1-2-5-9(11)8-6-3-4-7-10(8)12/h3-4,6-7,9H,2,5H2,1H3. The van der Waals surface area contributed by atoms with Gasteiger partial charge in [0.2, 0.25) is 0 Å². The van der Waals surface area contributed by atoms with Gasteiger partial charge >= 0.3 is 0 Å². The highest BCUT2D eigenvalue weighted by Gasteiger charge is 2.08. The molecule has 1 unspecified atom stereocenters. The number of alkyl halides is 1. The van der Waals surface area contributed by atoms with Crippen molar-refractivity contribution in [3.05, 3.63) is 34.3 Å². The number of benzene rings is 1.